The largest absolute Gasteiger partial charge is 0.496 e. The zero-order chi connectivity index (χ0) is 28.5. The van der Waals surface area contributed by atoms with Gasteiger partial charge in [-0.05, 0) is 87.3 Å². The van der Waals surface area contributed by atoms with Gasteiger partial charge >= 0.3 is 6.09 Å². The molecule has 0 radical (unpaired) electrons. The SMILES string of the molecule is COc1ccc(C2CCC(C=O)CC2)cc1-c1ccc(N2CCC2)nc1CN1C(=O)O[C@H](c2cccc(C)c2)[C@@H]1C. The van der Waals surface area contributed by atoms with E-state index in [1.165, 1.54) is 5.56 Å². The summed E-state index contributed by atoms with van der Waals surface area (Å²) in [6, 6.07) is 18.7. The minimum Gasteiger partial charge on any atom is -0.496 e. The van der Waals surface area contributed by atoms with Crippen LogP contribution < -0.4 is 9.64 Å². The van der Waals surface area contributed by atoms with Crippen LogP contribution in [0, 0.1) is 12.8 Å². The van der Waals surface area contributed by atoms with E-state index in [-0.39, 0.29) is 24.2 Å². The number of aldehydes is 1. The zero-order valence-electron chi connectivity index (χ0n) is 24.2. The first kappa shape index (κ1) is 27.3. The van der Waals surface area contributed by atoms with Crippen molar-refractivity contribution in [1.29, 1.82) is 0 Å². The van der Waals surface area contributed by atoms with Crippen molar-refractivity contribution in [3.05, 3.63) is 77.0 Å². The number of cyclic esters (lactones) is 1. The number of methoxy groups -OCH3 is 1. The molecule has 2 aliphatic heterocycles. The summed E-state index contributed by atoms with van der Waals surface area (Å²) in [6.07, 6.45) is 5.50. The standard InChI is InChI=1S/C34H39N3O4/c1-22-6-4-7-27(18-22)33-23(2)37(34(39)41-33)20-30-28(13-15-32(35-30)36-16-5-17-36)29-19-26(12-14-31(29)40-3)25-10-8-24(21-38)9-11-25/h4,6-7,12-15,18-19,21,23-25,33H,5,8-11,16-17,20H2,1-3H3/t23-,24?,25?,33-/m0/s1. The maximum atomic E-state index is 13.2. The first-order chi connectivity index (χ1) is 19.9. The first-order valence-electron chi connectivity index (χ1n) is 14.9. The van der Waals surface area contributed by atoms with Crippen molar-refractivity contribution in [3.8, 4) is 16.9 Å². The van der Waals surface area contributed by atoms with Gasteiger partial charge in [-0.2, -0.15) is 0 Å². The van der Waals surface area contributed by atoms with E-state index in [0.717, 1.165) is 91.0 Å². The molecule has 41 heavy (non-hydrogen) atoms. The maximum absolute atomic E-state index is 13.2. The highest BCUT2D eigenvalue weighted by atomic mass is 16.6. The van der Waals surface area contributed by atoms with Crippen molar-refractivity contribution in [2.75, 3.05) is 25.1 Å². The molecule has 2 saturated heterocycles. The number of amides is 1. The van der Waals surface area contributed by atoms with Crippen LogP contribution in [0.25, 0.3) is 11.1 Å². The van der Waals surface area contributed by atoms with Gasteiger partial charge in [0.2, 0.25) is 0 Å². The number of anilines is 1. The molecular formula is C34H39N3O4. The molecular weight excluding hydrogens is 514 g/mol. The molecule has 3 aromatic rings. The number of hydrogen-bond acceptors (Lipinski definition) is 6. The van der Waals surface area contributed by atoms with Gasteiger partial charge in [0.05, 0.1) is 25.4 Å². The molecule has 214 valence electrons. The van der Waals surface area contributed by atoms with Crippen molar-refractivity contribution in [2.45, 2.75) is 70.6 Å². The van der Waals surface area contributed by atoms with Crippen LogP contribution in [-0.2, 0) is 16.1 Å². The first-order valence-corrected chi connectivity index (χ1v) is 14.9. The lowest BCUT2D eigenvalue weighted by Gasteiger charge is -2.33. The van der Waals surface area contributed by atoms with Gasteiger partial charge < -0.3 is 19.2 Å². The van der Waals surface area contributed by atoms with Crippen LogP contribution in [0.5, 0.6) is 5.75 Å². The van der Waals surface area contributed by atoms with Crippen molar-refractivity contribution in [1.82, 2.24) is 9.88 Å². The molecule has 6 rings (SSSR count). The molecule has 2 aromatic carbocycles. The second-order valence-electron chi connectivity index (χ2n) is 11.8. The number of nitrogens with zero attached hydrogens (tertiary/aromatic N) is 3. The molecule has 1 aromatic heterocycles. The number of rotatable bonds is 8. The van der Waals surface area contributed by atoms with Crippen LogP contribution in [-0.4, -0.2) is 48.5 Å². The van der Waals surface area contributed by atoms with Gasteiger partial charge in [0.15, 0.2) is 0 Å². The second kappa shape index (κ2) is 11.6. The number of aryl methyl sites for hydroxylation is 1. The highest BCUT2D eigenvalue weighted by Gasteiger charge is 2.40. The molecule has 3 fully saturated rings. The van der Waals surface area contributed by atoms with Crippen LogP contribution in [0.3, 0.4) is 0 Å². The van der Waals surface area contributed by atoms with Crippen molar-refractivity contribution < 1.29 is 19.1 Å². The summed E-state index contributed by atoms with van der Waals surface area (Å²) in [7, 11) is 1.70. The number of aromatic nitrogens is 1. The van der Waals surface area contributed by atoms with Crippen LogP contribution in [0.4, 0.5) is 10.6 Å². The minimum absolute atomic E-state index is 0.146. The van der Waals surface area contributed by atoms with Crippen molar-refractivity contribution in [2.24, 2.45) is 5.92 Å². The van der Waals surface area contributed by atoms with E-state index in [2.05, 4.69) is 48.2 Å². The number of hydrogen-bond donors (Lipinski definition) is 0. The number of carbonyl (C=O) groups is 2. The van der Waals surface area contributed by atoms with Crippen LogP contribution in [0.2, 0.25) is 0 Å². The van der Waals surface area contributed by atoms with Gasteiger partial charge in [-0.1, -0.05) is 35.9 Å². The average molecular weight is 554 g/mol. The van der Waals surface area contributed by atoms with Crippen LogP contribution >= 0.6 is 0 Å². The summed E-state index contributed by atoms with van der Waals surface area (Å²) in [5.74, 6) is 2.31. The van der Waals surface area contributed by atoms with Gasteiger partial charge in [-0.3, -0.25) is 4.90 Å². The molecule has 0 N–H and O–H groups in total. The molecule has 0 spiro atoms. The van der Waals surface area contributed by atoms with E-state index in [9.17, 15) is 9.59 Å². The predicted molar refractivity (Wildman–Crippen MR) is 159 cm³/mol. The molecule has 7 heteroatoms. The van der Waals surface area contributed by atoms with Crippen LogP contribution in [0.1, 0.15) is 73.4 Å². The fraction of sp³-hybridized carbons (Fsp3) is 0.441. The molecule has 1 saturated carbocycles. The number of carbonyl (C=O) groups excluding carboxylic acids is 2. The predicted octanol–water partition coefficient (Wildman–Crippen LogP) is 6.83. The quantitative estimate of drug-likeness (QED) is 0.285. The average Bonchev–Trinajstić information content (AvgIpc) is 3.24. The molecule has 1 amide bonds. The lowest BCUT2D eigenvalue weighted by molar-refractivity contribution is -0.111. The Hall–Kier alpha value is -3.87. The highest BCUT2D eigenvalue weighted by molar-refractivity contribution is 5.76. The summed E-state index contributed by atoms with van der Waals surface area (Å²) < 4.78 is 11.8. The molecule has 0 bridgehead atoms. The Labute approximate surface area is 242 Å². The Morgan fingerprint density at radius 2 is 1.80 bits per heavy atom. The third-order valence-corrected chi connectivity index (χ3v) is 9.17. The Morgan fingerprint density at radius 3 is 2.49 bits per heavy atom. The molecule has 3 aliphatic rings. The Balaban J connectivity index is 1.35. The summed E-state index contributed by atoms with van der Waals surface area (Å²) in [5.41, 5.74) is 6.19. The van der Waals surface area contributed by atoms with E-state index >= 15 is 0 Å². The van der Waals surface area contributed by atoms with E-state index < -0.39 is 0 Å². The maximum Gasteiger partial charge on any atom is 0.411 e. The molecule has 7 nitrogen and oxygen atoms in total. The Bertz CT molecular complexity index is 1430. The number of ether oxygens (including phenoxy) is 2. The third kappa shape index (κ3) is 5.42. The summed E-state index contributed by atoms with van der Waals surface area (Å²) in [5, 5.41) is 0. The van der Waals surface area contributed by atoms with Gasteiger partial charge in [-0.15, -0.1) is 0 Å². The smallest absolute Gasteiger partial charge is 0.411 e. The second-order valence-corrected chi connectivity index (χ2v) is 11.8. The lowest BCUT2D eigenvalue weighted by atomic mass is 9.78. The molecule has 1 aliphatic carbocycles. The van der Waals surface area contributed by atoms with E-state index in [1.807, 2.05) is 25.1 Å². The summed E-state index contributed by atoms with van der Waals surface area (Å²) >= 11 is 0. The minimum atomic E-state index is -0.330. The summed E-state index contributed by atoms with van der Waals surface area (Å²) in [6.45, 7) is 6.43. The fourth-order valence-electron chi connectivity index (χ4n) is 6.52. The Morgan fingerprint density at radius 1 is 1.00 bits per heavy atom. The normalized spacial score (nSPS) is 24.1. The number of benzene rings is 2. The fourth-order valence-corrected chi connectivity index (χ4v) is 6.52. The van der Waals surface area contributed by atoms with Crippen molar-refractivity contribution in [3.63, 3.8) is 0 Å². The van der Waals surface area contributed by atoms with Gasteiger partial charge in [0.25, 0.3) is 0 Å². The number of pyridine rings is 1. The van der Waals surface area contributed by atoms with Gasteiger partial charge in [0.1, 0.15) is 24.0 Å². The van der Waals surface area contributed by atoms with Crippen LogP contribution in [0.15, 0.2) is 54.6 Å². The Kier molecular flexibility index (Phi) is 7.69. The highest BCUT2D eigenvalue weighted by Crippen LogP contribution is 2.41. The van der Waals surface area contributed by atoms with Gasteiger partial charge in [-0.25, -0.2) is 9.78 Å². The monoisotopic (exact) mass is 553 g/mol. The lowest BCUT2D eigenvalue weighted by Crippen LogP contribution is -2.38. The zero-order valence-corrected chi connectivity index (χ0v) is 24.2. The van der Waals surface area contributed by atoms with Gasteiger partial charge in [0, 0.05) is 30.1 Å². The van der Waals surface area contributed by atoms with E-state index in [4.69, 9.17) is 14.5 Å². The third-order valence-electron chi connectivity index (χ3n) is 9.17. The topological polar surface area (TPSA) is 72.0 Å². The molecule has 0 unspecified atom stereocenters. The van der Waals surface area contributed by atoms with E-state index in [1.54, 1.807) is 12.0 Å². The molecule has 3 heterocycles. The molecule has 2 atom stereocenters. The summed E-state index contributed by atoms with van der Waals surface area (Å²) in [4.78, 5) is 33.8. The van der Waals surface area contributed by atoms with E-state index in [0.29, 0.717) is 12.5 Å². The van der Waals surface area contributed by atoms with Crippen molar-refractivity contribution >= 4 is 18.2 Å².